The molecule has 1 aliphatic rings. The van der Waals surface area contributed by atoms with E-state index in [-0.39, 0.29) is 12.1 Å². The van der Waals surface area contributed by atoms with Crippen LogP contribution in [0.5, 0.6) is 5.75 Å². The third-order valence-electron chi connectivity index (χ3n) is 6.06. The molecule has 1 aliphatic heterocycles. The van der Waals surface area contributed by atoms with Crippen LogP contribution in [0.1, 0.15) is 34.0 Å². The summed E-state index contributed by atoms with van der Waals surface area (Å²) in [7, 11) is 1.65. The normalized spacial score (nSPS) is 15.5. The summed E-state index contributed by atoms with van der Waals surface area (Å²) in [5.74, 6) is 0.786. The van der Waals surface area contributed by atoms with Crippen molar-refractivity contribution in [3.05, 3.63) is 88.7 Å². The molecule has 1 atom stereocenters. The molecule has 2 aromatic carbocycles. The number of nitrogens with zero attached hydrogens (tertiary/aromatic N) is 2. The highest BCUT2D eigenvalue weighted by molar-refractivity contribution is 5.91. The van der Waals surface area contributed by atoms with Gasteiger partial charge in [0.1, 0.15) is 11.4 Å². The summed E-state index contributed by atoms with van der Waals surface area (Å²) >= 11 is 0. The standard InChI is InChI=1S/C26H26N4O2/c1-16-13-17(2)15-19(14-16)28-26(31)30-12-10-21-22-5-4-11-27-25(22)29-23(21)24(30)18-6-8-20(32-3)9-7-18/h4-9,11,13-15,24H,10,12H2,1-3H3,(H,27,29)(H,28,31). The zero-order valence-corrected chi connectivity index (χ0v) is 18.5. The first-order valence-electron chi connectivity index (χ1n) is 10.8. The maximum Gasteiger partial charge on any atom is 0.322 e. The van der Waals surface area contributed by atoms with Crippen molar-refractivity contribution in [3.63, 3.8) is 0 Å². The van der Waals surface area contributed by atoms with Crippen molar-refractivity contribution in [2.75, 3.05) is 19.0 Å². The van der Waals surface area contributed by atoms with Crippen LogP contribution in [0.25, 0.3) is 11.0 Å². The fourth-order valence-electron chi connectivity index (χ4n) is 4.71. The van der Waals surface area contributed by atoms with Gasteiger partial charge in [0, 0.05) is 29.5 Å². The zero-order valence-electron chi connectivity index (χ0n) is 18.5. The van der Waals surface area contributed by atoms with Gasteiger partial charge >= 0.3 is 6.03 Å². The Kier molecular flexibility index (Phi) is 5.05. The molecule has 6 nitrogen and oxygen atoms in total. The lowest BCUT2D eigenvalue weighted by Gasteiger charge is -2.36. The Morgan fingerprint density at radius 2 is 1.88 bits per heavy atom. The molecule has 0 bridgehead atoms. The summed E-state index contributed by atoms with van der Waals surface area (Å²) in [6, 6.07) is 17.7. The molecule has 6 heteroatoms. The maximum absolute atomic E-state index is 13.5. The topological polar surface area (TPSA) is 70.2 Å². The van der Waals surface area contributed by atoms with Crippen LogP contribution in [0.15, 0.2) is 60.8 Å². The van der Waals surface area contributed by atoms with E-state index in [4.69, 9.17) is 4.74 Å². The lowest BCUT2D eigenvalue weighted by atomic mass is 9.92. The van der Waals surface area contributed by atoms with Crippen LogP contribution in [-0.2, 0) is 6.42 Å². The van der Waals surface area contributed by atoms with Gasteiger partial charge < -0.3 is 19.9 Å². The number of anilines is 1. The van der Waals surface area contributed by atoms with Gasteiger partial charge in [-0.1, -0.05) is 18.2 Å². The van der Waals surface area contributed by atoms with E-state index >= 15 is 0 Å². The highest BCUT2D eigenvalue weighted by Crippen LogP contribution is 2.38. The highest BCUT2D eigenvalue weighted by Gasteiger charge is 2.35. The monoisotopic (exact) mass is 426 g/mol. The second-order valence-corrected chi connectivity index (χ2v) is 8.34. The fraction of sp³-hybridized carbons (Fsp3) is 0.231. The predicted molar refractivity (Wildman–Crippen MR) is 126 cm³/mol. The molecule has 0 radical (unpaired) electrons. The average molecular weight is 427 g/mol. The third kappa shape index (κ3) is 3.58. The van der Waals surface area contributed by atoms with E-state index < -0.39 is 0 Å². The number of urea groups is 1. The van der Waals surface area contributed by atoms with Crippen molar-refractivity contribution in [2.24, 2.45) is 0 Å². The zero-order chi connectivity index (χ0) is 22.2. The Morgan fingerprint density at radius 1 is 1.12 bits per heavy atom. The lowest BCUT2D eigenvalue weighted by molar-refractivity contribution is 0.193. The number of methoxy groups -OCH3 is 1. The minimum Gasteiger partial charge on any atom is -0.497 e. The van der Waals surface area contributed by atoms with Gasteiger partial charge in [-0.05, 0) is 78.9 Å². The Morgan fingerprint density at radius 3 is 2.59 bits per heavy atom. The smallest absolute Gasteiger partial charge is 0.322 e. The molecule has 0 saturated carbocycles. The van der Waals surface area contributed by atoms with Crippen molar-refractivity contribution in [3.8, 4) is 5.75 Å². The Hall–Kier alpha value is -3.80. The van der Waals surface area contributed by atoms with Gasteiger partial charge in [-0.15, -0.1) is 0 Å². The Bertz CT molecular complexity index is 1270. The summed E-state index contributed by atoms with van der Waals surface area (Å²) in [6.45, 7) is 4.68. The van der Waals surface area contributed by atoms with Crippen LogP contribution in [0.4, 0.5) is 10.5 Å². The van der Waals surface area contributed by atoms with Crippen LogP contribution >= 0.6 is 0 Å². The quantitative estimate of drug-likeness (QED) is 0.463. The first-order valence-corrected chi connectivity index (χ1v) is 10.8. The van der Waals surface area contributed by atoms with Crippen LogP contribution in [0, 0.1) is 13.8 Å². The van der Waals surface area contributed by atoms with Gasteiger partial charge in [0.05, 0.1) is 13.2 Å². The second kappa shape index (κ2) is 8.04. The summed E-state index contributed by atoms with van der Waals surface area (Å²) in [4.78, 5) is 23.4. The molecule has 4 aromatic rings. The van der Waals surface area contributed by atoms with Crippen molar-refractivity contribution in [1.82, 2.24) is 14.9 Å². The van der Waals surface area contributed by atoms with E-state index in [1.165, 1.54) is 5.56 Å². The molecule has 1 unspecified atom stereocenters. The van der Waals surface area contributed by atoms with E-state index in [2.05, 4.69) is 27.4 Å². The summed E-state index contributed by atoms with van der Waals surface area (Å²) < 4.78 is 5.34. The molecular formula is C26H26N4O2. The van der Waals surface area contributed by atoms with Gasteiger partial charge in [-0.3, -0.25) is 0 Å². The van der Waals surface area contributed by atoms with Gasteiger partial charge in [0.15, 0.2) is 0 Å². The van der Waals surface area contributed by atoms with Crippen LogP contribution in [-0.4, -0.2) is 34.6 Å². The molecule has 3 heterocycles. The number of aromatic nitrogens is 2. The van der Waals surface area contributed by atoms with Crippen molar-refractivity contribution in [2.45, 2.75) is 26.3 Å². The number of H-pyrrole nitrogens is 1. The molecule has 2 N–H and O–H groups in total. The lowest BCUT2D eigenvalue weighted by Crippen LogP contribution is -2.43. The molecular weight excluding hydrogens is 400 g/mol. The predicted octanol–water partition coefficient (Wildman–Crippen LogP) is 5.37. The molecule has 0 spiro atoms. The number of ether oxygens (including phenoxy) is 1. The largest absolute Gasteiger partial charge is 0.497 e. The summed E-state index contributed by atoms with van der Waals surface area (Å²) in [5.41, 5.74) is 7.17. The highest BCUT2D eigenvalue weighted by atomic mass is 16.5. The number of rotatable bonds is 3. The van der Waals surface area contributed by atoms with E-state index in [0.717, 1.165) is 51.3 Å². The van der Waals surface area contributed by atoms with E-state index in [1.54, 1.807) is 13.3 Å². The van der Waals surface area contributed by atoms with Crippen LogP contribution in [0.3, 0.4) is 0 Å². The first kappa shape index (κ1) is 20.1. The number of fused-ring (bicyclic) bond motifs is 3. The molecule has 0 saturated heterocycles. The number of nitrogens with one attached hydrogen (secondary N) is 2. The number of amides is 2. The van der Waals surface area contributed by atoms with Gasteiger partial charge in [0.25, 0.3) is 0 Å². The number of aromatic amines is 1. The minimum absolute atomic E-state index is 0.118. The molecule has 0 fully saturated rings. The number of benzene rings is 2. The summed E-state index contributed by atoms with van der Waals surface area (Å²) in [6.07, 6.45) is 2.56. The fourth-order valence-corrected chi connectivity index (χ4v) is 4.71. The number of carbonyl (C=O) groups is 1. The van der Waals surface area contributed by atoms with Crippen molar-refractivity contribution < 1.29 is 9.53 Å². The van der Waals surface area contributed by atoms with Crippen LogP contribution in [0.2, 0.25) is 0 Å². The van der Waals surface area contributed by atoms with E-state index in [1.807, 2.05) is 61.2 Å². The van der Waals surface area contributed by atoms with Gasteiger partial charge in [-0.2, -0.15) is 0 Å². The molecule has 5 rings (SSSR count). The summed E-state index contributed by atoms with van der Waals surface area (Å²) in [5, 5.41) is 4.23. The van der Waals surface area contributed by atoms with Crippen molar-refractivity contribution >= 4 is 22.8 Å². The SMILES string of the molecule is COc1ccc(C2c3[nH]c4ncccc4c3CCN2C(=O)Nc2cc(C)cc(C)c2)cc1. The molecule has 2 amide bonds. The Balaban J connectivity index is 1.56. The molecule has 162 valence electrons. The van der Waals surface area contributed by atoms with E-state index in [0.29, 0.717) is 6.54 Å². The number of aryl methyl sites for hydroxylation is 2. The van der Waals surface area contributed by atoms with Crippen LogP contribution < -0.4 is 10.1 Å². The number of hydrogen-bond acceptors (Lipinski definition) is 3. The van der Waals surface area contributed by atoms with Gasteiger partial charge in [-0.25, -0.2) is 9.78 Å². The Labute approximate surface area is 187 Å². The van der Waals surface area contributed by atoms with Gasteiger partial charge in [0.2, 0.25) is 0 Å². The third-order valence-corrected chi connectivity index (χ3v) is 6.06. The molecule has 32 heavy (non-hydrogen) atoms. The number of carbonyl (C=O) groups excluding carboxylic acids is 1. The molecule has 2 aromatic heterocycles. The number of hydrogen-bond donors (Lipinski definition) is 2. The first-order chi connectivity index (χ1) is 15.5. The van der Waals surface area contributed by atoms with E-state index in [9.17, 15) is 4.79 Å². The second-order valence-electron chi connectivity index (χ2n) is 8.34. The average Bonchev–Trinajstić information content (AvgIpc) is 3.16. The number of pyridine rings is 1. The minimum atomic E-state index is -0.246. The van der Waals surface area contributed by atoms with Crippen molar-refractivity contribution in [1.29, 1.82) is 0 Å². The molecule has 0 aliphatic carbocycles. The maximum atomic E-state index is 13.5.